The molecule has 1 aromatic carbocycles. The summed E-state index contributed by atoms with van der Waals surface area (Å²) in [7, 11) is 3.47. The number of aliphatic hydroxyl groups excluding tert-OH is 1. The van der Waals surface area contributed by atoms with Crippen molar-refractivity contribution in [2.24, 2.45) is 0 Å². The minimum absolute atomic E-state index is 0.0715. The maximum absolute atomic E-state index is 12.2. The van der Waals surface area contributed by atoms with Gasteiger partial charge in [-0.15, -0.1) is 0 Å². The molecule has 0 bridgehead atoms. The van der Waals surface area contributed by atoms with E-state index in [4.69, 9.17) is 4.74 Å². The molecule has 2 unspecified atom stereocenters. The number of rotatable bonds is 5. The number of amides is 1. The summed E-state index contributed by atoms with van der Waals surface area (Å²) in [6.45, 7) is 0.264. The van der Waals surface area contributed by atoms with Crippen LogP contribution in [0.4, 0.5) is 5.69 Å². The third-order valence-corrected chi connectivity index (χ3v) is 4.03. The lowest BCUT2D eigenvalue weighted by Gasteiger charge is -2.34. The molecule has 0 saturated heterocycles. The number of hydrogen-bond acceptors (Lipinski definition) is 4. The van der Waals surface area contributed by atoms with Crippen molar-refractivity contribution in [3.63, 3.8) is 0 Å². The second kappa shape index (κ2) is 7.43. The maximum atomic E-state index is 12.2. The van der Waals surface area contributed by atoms with E-state index < -0.39 is 0 Å². The third kappa shape index (κ3) is 4.19. The fourth-order valence-corrected chi connectivity index (χ4v) is 2.89. The summed E-state index contributed by atoms with van der Waals surface area (Å²) < 4.78 is 5.22. The van der Waals surface area contributed by atoms with Gasteiger partial charge in [0.05, 0.1) is 25.4 Å². The number of methoxy groups -OCH3 is 1. The van der Waals surface area contributed by atoms with E-state index in [-0.39, 0.29) is 24.6 Å². The fourth-order valence-electron chi connectivity index (χ4n) is 2.89. The Bertz CT molecular complexity index is 478. The highest BCUT2D eigenvalue weighted by Gasteiger charge is 2.27. The van der Waals surface area contributed by atoms with E-state index in [1.54, 1.807) is 7.11 Å². The van der Waals surface area contributed by atoms with Crippen LogP contribution in [0.1, 0.15) is 25.7 Å². The van der Waals surface area contributed by atoms with Crippen LogP contribution < -0.4 is 10.1 Å². The largest absolute Gasteiger partial charge is 0.495 e. The molecule has 2 rings (SSSR count). The molecule has 1 amide bonds. The molecule has 0 radical (unpaired) electrons. The monoisotopic (exact) mass is 292 g/mol. The van der Waals surface area contributed by atoms with Crippen molar-refractivity contribution in [1.82, 2.24) is 4.90 Å². The Morgan fingerprint density at radius 2 is 2.10 bits per heavy atom. The third-order valence-electron chi connectivity index (χ3n) is 4.03. The lowest BCUT2D eigenvalue weighted by molar-refractivity contribution is -0.118. The number of para-hydroxylation sites is 2. The smallest absolute Gasteiger partial charge is 0.238 e. The van der Waals surface area contributed by atoms with Gasteiger partial charge in [-0.05, 0) is 32.0 Å². The Morgan fingerprint density at radius 3 is 2.81 bits per heavy atom. The van der Waals surface area contributed by atoms with E-state index in [1.165, 1.54) is 0 Å². The van der Waals surface area contributed by atoms with Gasteiger partial charge in [-0.2, -0.15) is 0 Å². The molecule has 1 aliphatic rings. The number of hydrogen-bond donors (Lipinski definition) is 2. The Morgan fingerprint density at radius 1 is 1.38 bits per heavy atom. The van der Waals surface area contributed by atoms with Gasteiger partial charge in [0.1, 0.15) is 5.75 Å². The molecule has 0 spiro atoms. The first-order valence-electron chi connectivity index (χ1n) is 7.43. The standard InChI is InChI=1S/C16H24N2O3/c1-18(13-8-4-5-9-14(13)19)11-16(20)17-12-7-3-6-10-15(12)21-2/h3,6-7,10,13-14,19H,4-5,8-9,11H2,1-2H3,(H,17,20). The van der Waals surface area contributed by atoms with Crippen LogP contribution in [-0.4, -0.2) is 48.8 Å². The summed E-state index contributed by atoms with van der Waals surface area (Å²) in [6, 6.07) is 7.41. The molecular weight excluding hydrogens is 268 g/mol. The lowest BCUT2D eigenvalue weighted by Crippen LogP contribution is -2.46. The van der Waals surface area contributed by atoms with E-state index in [9.17, 15) is 9.90 Å². The van der Waals surface area contributed by atoms with Crippen LogP contribution in [0.2, 0.25) is 0 Å². The first-order valence-corrected chi connectivity index (χ1v) is 7.43. The van der Waals surface area contributed by atoms with Crippen LogP contribution in [0.5, 0.6) is 5.75 Å². The van der Waals surface area contributed by atoms with Gasteiger partial charge >= 0.3 is 0 Å². The molecule has 21 heavy (non-hydrogen) atoms. The number of carbonyl (C=O) groups is 1. The number of nitrogens with one attached hydrogen (secondary N) is 1. The van der Waals surface area contributed by atoms with Crippen molar-refractivity contribution in [2.75, 3.05) is 26.0 Å². The molecule has 1 saturated carbocycles. The van der Waals surface area contributed by atoms with Gasteiger partial charge in [0.15, 0.2) is 0 Å². The van der Waals surface area contributed by atoms with Crippen LogP contribution in [0.3, 0.4) is 0 Å². The van der Waals surface area contributed by atoms with Crippen molar-refractivity contribution < 1.29 is 14.6 Å². The van der Waals surface area contributed by atoms with Crippen LogP contribution in [0.25, 0.3) is 0 Å². The molecule has 1 fully saturated rings. The number of aliphatic hydroxyl groups is 1. The quantitative estimate of drug-likeness (QED) is 0.869. The van der Waals surface area contributed by atoms with Crippen molar-refractivity contribution >= 4 is 11.6 Å². The van der Waals surface area contributed by atoms with Gasteiger partial charge in [0.2, 0.25) is 5.91 Å². The predicted octanol–water partition coefficient (Wildman–Crippen LogP) is 1.87. The van der Waals surface area contributed by atoms with Gasteiger partial charge in [-0.1, -0.05) is 25.0 Å². The van der Waals surface area contributed by atoms with Gasteiger partial charge < -0.3 is 15.2 Å². The molecule has 116 valence electrons. The first kappa shape index (κ1) is 15.8. The molecule has 5 nitrogen and oxygen atoms in total. The minimum Gasteiger partial charge on any atom is -0.495 e. The van der Waals surface area contributed by atoms with Crippen molar-refractivity contribution in [3.8, 4) is 5.75 Å². The number of nitrogens with zero attached hydrogens (tertiary/aromatic N) is 1. The topological polar surface area (TPSA) is 61.8 Å². The average Bonchev–Trinajstić information content (AvgIpc) is 2.48. The van der Waals surface area contributed by atoms with Crippen molar-refractivity contribution in [3.05, 3.63) is 24.3 Å². The highest BCUT2D eigenvalue weighted by molar-refractivity contribution is 5.93. The van der Waals surface area contributed by atoms with E-state index in [0.717, 1.165) is 25.7 Å². The first-order chi connectivity index (χ1) is 10.1. The molecule has 2 atom stereocenters. The Hall–Kier alpha value is -1.59. The molecule has 0 aliphatic heterocycles. The predicted molar refractivity (Wildman–Crippen MR) is 82.5 cm³/mol. The van der Waals surface area contributed by atoms with Crippen LogP contribution in [-0.2, 0) is 4.79 Å². The summed E-state index contributed by atoms with van der Waals surface area (Å²) in [5, 5.41) is 12.9. The minimum atomic E-state index is -0.331. The Balaban J connectivity index is 1.91. The molecule has 5 heteroatoms. The zero-order valence-corrected chi connectivity index (χ0v) is 12.7. The zero-order valence-electron chi connectivity index (χ0n) is 12.7. The summed E-state index contributed by atoms with van der Waals surface area (Å²) in [6.07, 6.45) is 3.62. The van der Waals surface area contributed by atoms with E-state index in [2.05, 4.69) is 5.32 Å². The lowest BCUT2D eigenvalue weighted by atomic mass is 9.91. The van der Waals surface area contributed by atoms with E-state index in [0.29, 0.717) is 11.4 Å². The maximum Gasteiger partial charge on any atom is 0.238 e. The fraction of sp³-hybridized carbons (Fsp3) is 0.562. The van der Waals surface area contributed by atoms with Crippen LogP contribution in [0, 0.1) is 0 Å². The number of benzene rings is 1. The number of carbonyl (C=O) groups excluding carboxylic acids is 1. The molecule has 0 heterocycles. The molecule has 1 aliphatic carbocycles. The Labute approximate surface area is 125 Å². The van der Waals surface area contributed by atoms with Crippen molar-refractivity contribution in [1.29, 1.82) is 0 Å². The normalized spacial score (nSPS) is 22.1. The van der Waals surface area contributed by atoms with Crippen molar-refractivity contribution in [2.45, 2.75) is 37.8 Å². The number of likely N-dealkylation sites (N-methyl/N-ethyl adjacent to an activating group) is 1. The molecular formula is C16H24N2O3. The van der Waals surface area contributed by atoms with Gasteiger partial charge in [-0.3, -0.25) is 9.69 Å². The SMILES string of the molecule is COc1ccccc1NC(=O)CN(C)C1CCCCC1O. The second-order valence-electron chi connectivity index (χ2n) is 5.58. The van der Waals surface area contributed by atoms with Gasteiger partial charge in [0, 0.05) is 6.04 Å². The molecule has 0 aromatic heterocycles. The highest BCUT2D eigenvalue weighted by atomic mass is 16.5. The van der Waals surface area contributed by atoms with E-state index >= 15 is 0 Å². The van der Waals surface area contributed by atoms with E-state index in [1.807, 2.05) is 36.2 Å². The average molecular weight is 292 g/mol. The number of ether oxygens (including phenoxy) is 1. The van der Waals surface area contributed by atoms with Gasteiger partial charge in [0.25, 0.3) is 0 Å². The molecule has 2 N–H and O–H groups in total. The summed E-state index contributed by atoms with van der Waals surface area (Å²) in [4.78, 5) is 14.1. The Kier molecular flexibility index (Phi) is 5.59. The summed E-state index contributed by atoms with van der Waals surface area (Å²) >= 11 is 0. The van der Waals surface area contributed by atoms with Crippen LogP contribution >= 0.6 is 0 Å². The number of anilines is 1. The van der Waals surface area contributed by atoms with Gasteiger partial charge in [-0.25, -0.2) is 0 Å². The summed E-state index contributed by atoms with van der Waals surface area (Å²) in [5.74, 6) is 0.547. The highest BCUT2D eigenvalue weighted by Crippen LogP contribution is 2.24. The summed E-state index contributed by atoms with van der Waals surface area (Å²) in [5.41, 5.74) is 0.669. The zero-order chi connectivity index (χ0) is 15.2. The second-order valence-corrected chi connectivity index (χ2v) is 5.58. The van der Waals surface area contributed by atoms with Crippen LogP contribution in [0.15, 0.2) is 24.3 Å². The molecule has 1 aromatic rings.